The number of ether oxygens (including phenoxy) is 3. The lowest BCUT2D eigenvalue weighted by atomic mass is 10.1. The SMILES string of the molecule is COc1cc(OC)c(Cc2ccc(C(=O)Nc3nc(-c4ccccc4O)cs3)o2)c(OC)c1. The number of hydrogen-bond donors (Lipinski definition) is 2. The first-order valence-electron chi connectivity index (χ1n) is 9.95. The average molecular weight is 467 g/mol. The molecule has 0 fully saturated rings. The lowest BCUT2D eigenvalue weighted by molar-refractivity contribution is 0.0995. The molecule has 0 saturated carbocycles. The molecule has 0 atom stereocenters. The van der Waals surface area contributed by atoms with E-state index in [-0.39, 0.29) is 11.5 Å². The van der Waals surface area contributed by atoms with Crippen molar-refractivity contribution in [1.82, 2.24) is 4.98 Å². The largest absolute Gasteiger partial charge is 0.507 e. The van der Waals surface area contributed by atoms with E-state index in [0.29, 0.717) is 45.8 Å². The predicted octanol–water partition coefficient (Wildman–Crippen LogP) is 4.98. The normalized spacial score (nSPS) is 10.6. The number of rotatable bonds is 8. The van der Waals surface area contributed by atoms with Gasteiger partial charge in [0, 0.05) is 35.1 Å². The summed E-state index contributed by atoms with van der Waals surface area (Å²) in [5.74, 6) is 2.21. The molecule has 170 valence electrons. The number of aromatic nitrogens is 1. The fraction of sp³-hybridized carbons (Fsp3) is 0.167. The van der Waals surface area contributed by atoms with Gasteiger partial charge in [0.1, 0.15) is 28.8 Å². The van der Waals surface area contributed by atoms with E-state index in [4.69, 9.17) is 18.6 Å². The Morgan fingerprint density at radius 1 is 1.06 bits per heavy atom. The summed E-state index contributed by atoms with van der Waals surface area (Å²) in [6, 6.07) is 13.7. The number of aromatic hydroxyl groups is 1. The van der Waals surface area contributed by atoms with Crippen molar-refractivity contribution in [1.29, 1.82) is 0 Å². The van der Waals surface area contributed by atoms with E-state index in [0.717, 1.165) is 5.56 Å². The molecular weight excluding hydrogens is 444 g/mol. The van der Waals surface area contributed by atoms with Crippen molar-refractivity contribution in [3.05, 3.63) is 71.0 Å². The minimum Gasteiger partial charge on any atom is -0.507 e. The Balaban J connectivity index is 1.49. The lowest BCUT2D eigenvalue weighted by Crippen LogP contribution is -2.10. The molecule has 0 spiro atoms. The van der Waals surface area contributed by atoms with Crippen molar-refractivity contribution in [3.63, 3.8) is 0 Å². The summed E-state index contributed by atoms with van der Waals surface area (Å²) in [5.41, 5.74) is 1.94. The minimum atomic E-state index is -0.423. The van der Waals surface area contributed by atoms with E-state index in [1.807, 2.05) is 6.07 Å². The monoisotopic (exact) mass is 466 g/mol. The van der Waals surface area contributed by atoms with Crippen LogP contribution in [0.15, 0.2) is 58.3 Å². The smallest absolute Gasteiger partial charge is 0.293 e. The van der Waals surface area contributed by atoms with Crippen LogP contribution in [0.25, 0.3) is 11.3 Å². The number of benzene rings is 2. The van der Waals surface area contributed by atoms with Gasteiger partial charge in [0.25, 0.3) is 5.91 Å². The van der Waals surface area contributed by atoms with Gasteiger partial charge in [0.15, 0.2) is 10.9 Å². The zero-order chi connectivity index (χ0) is 23.4. The highest BCUT2D eigenvalue weighted by Gasteiger charge is 2.18. The number of carbonyl (C=O) groups is 1. The maximum absolute atomic E-state index is 12.7. The molecule has 2 N–H and O–H groups in total. The number of amides is 1. The Hall–Kier alpha value is -3.98. The van der Waals surface area contributed by atoms with E-state index in [2.05, 4.69) is 10.3 Å². The summed E-state index contributed by atoms with van der Waals surface area (Å²) in [4.78, 5) is 17.1. The van der Waals surface area contributed by atoms with Gasteiger partial charge in [-0.15, -0.1) is 11.3 Å². The van der Waals surface area contributed by atoms with Crippen molar-refractivity contribution < 1.29 is 28.5 Å². The van der Waals surface area contributed by atoms with Crippen molar-refractivity contribution in [2.45, 2.75) is 6.42 Å². The Labute approximate surface area is 194 Å². The Morgan fingerprint density at radius 2 is 1.79 bits per heavy atom. The van der Waals surface area contributed by atoms with Crippen molar-refractivity contribution in [2.24, 2.45) is 0 Å². The van der Waals surface area contributed by atoms with Crippen LogP contribution >= 0.6 is 11.3 Å². The molecule has 0 saturated heterocycles. The summed E-state index contributed by atoms with van der Waals surface area (Å²) in [5, 5.41) is 14.9. The second-order valence-corrected chi connectivity index (χ2v) is 7.82. The molecule has 8 nitrogen and oxygen atoms in total. The number of hydrogen-bond acceptors (Lipinski definition) is 8. The molecule has 4 rings (SSSR count). The van der Waals surface area contributed by atoms with Crippen molar-refractivity contribution in [3.8, 4) is 34.3 Å². The first-order valence-corrected chi connectivity index (χ1v) is 10.8. The van der Waals surface area contributed by atoms with Crippen LogP contribution in [0.1, 0.15) is 21.9 Å². The molecule has 0 aliphatic rings. The molecule has 9 heteroatoms. The molecule has 2 aromatic carbocycles. The second-order valence-electron chi connectivity index (χ2n) is 6.96. The van der Waals surface area contributed by atoms with Crippen LogP contribution in [0.4, 0.5) is 5.13 Å². The molecule has 2 aromatic heterocycles. The molecule has 0 radical (unpaired) electrons. The number of phenolic OH excluding ortho intramolecular Hbond substituents is 1. The van der Waals surface area contributed by atoms with Crippen LogP contribution in [-0.4, -0.2) is 37.3 Å². The number of para-hydroxylation sites is 1. The summed E-state index contributed by atoms with van der Waals surface area (Å²) in [7, 11) is 4.70. The third kappa shape index (κ3) is 4.78. The topological polar surface area (TPSA) is 103 Å². The number of nitrogens with zero attached hydrogens (tertiary/aromatic N) is 1. The van der Waals surface area contributed by atoms with Crippen molar-refractivity contribution >= 4 is 22.4 Å². The maximum Gasteiger partial charge on any atom is 0.293 e. The molecule has 33 heavy (non-hydrogen) atoms. The number of thiazole rings is 1. The van der Waals surface area contributed by atoms with Crippen LogP contribution in [0.5, 0.6) is 23.0 Å². The predicted molar refractivity (Wildman–Crippen MR) is 125 cm³/mol. The molecule has 0 unspecified atom stereocenters. The van der Waals surface area contributed by atoms with Gasteiger partial charge in [-0.05, 0) is 24.3 Å². The second kappa shape index (κ2) is 9.66. The van der Waals surface area contributed by atoms with E-state index >= 15 is 0 Å². The number of nitrogens with one attached hydrogen (secondary N) is 1. The van der Waals surface area contributed by atoms with E-state index < -0.39 is 5.91 Å². The summed E-state index contributed by atoms with van der Waals surface area (Å²) in [6.07, 6.45) is 0.359. The summed E-state index contributed by atoms with van der Waals surface area (Å²) in [6.45, 7) is 0. The molecule has 1 amide bonds. The lowest BCUT2D eigenvalue weighted by Gasteiger charge is -2.14. The van der Waals surface area contributed by atoms with Gasteiger partial charge >= 0.3 is 0 Å². The van der Waals surface area contributed by atoms with Crippen molar-refractivity contribution in [2.75, 3.05) is 26.6 Å². The van der Waals surface area contributed by atoms with Gasteiger partial charge in [0.2, 0.25) is 0 Å². The molecule has 0 aliphatic heterocycles. The number of methoxy groups -OCH3 is 3. The van der Waals surface area contributed by atoms with Gasteiger partial charge in [-0.25, -0.2) is 4.98 Å². The van der Waals surface area contributed by atoms with E-state index in [1.165, 1.54) is 11.3 Å². The van der Waals surface area contributed by atoms with Crippen LogP contribution in [0.2, 0.25) is 0 Å². The third-order valence-corrected chi connectivity index (χ3v) is 5.72. The molecule has 4 aromatic rings. The number of phenols is 1. The number of anilines is 1. The highest BCUT2D eigenvalue weighted by atomic mass is 32.1. The van der Waals surface area contributed by atoms with Gasteiger partial charge in [-0.1, -0.05) is 12.1 Å². The molecular formula is C24H22N2O6S. The highest BCUT2D eigenvalue weighted by molar-refractivity contribution is 7.14. The highest BCUT2D eigenvalue weighted by Crippen LogP contribution is 2.36. The third-order valence-electron chi connectivity index (χ3n) is 4.96. The molecule has 2 heterocycles. The molecule has 0 aliphatic carbocycles. The first-order chi connectivity index (χ1) is 16.0. The van der Waals surface area contributed by atoms with Crippen LogP contribution < -0.4 is 19.5 Å². The Morgan fingerprint density at radius 3 is 2.45 bits per heavy atom. The quantitative estimate of drug-likeness (QED) is 0.378. The van der Waals surface area contributed by atoms with Crippen LogP contribution in [-0.2, 0) is 6.42 Å². The summed E-state index contributed by atoms with van der Waals surface area (Å²) < 4.78 is 22.0. The zero-order valence-electron chi connectivity index (χ0n) is 18.2. The molecule has 0 bridgehead atoms. The fourth-order valence-electron chi connectivity index (χ4n) is 3.33. The Kier molecular flexibility index (Phi) is 6.50. The standard InChI is InChI=1S/C24H22N2O6S/c1-29-15-11-21(30-2)17(22(12-15)31-3)10-14-8-9-20(32-14)23(28)26-24-25-18(13-33-24)16-6-4-5-7-19(16)27/h4-9,11-13,27H,10H2,1-3H3,(H,25,26,28). The van der Waals surface area contributed by atoms with Crippen LogP contribution in [0, 0.1) is 0 Å². The van der Waals surface area contributed by atoms with Gasteiger partial charge in [-0.3, -0.25) is 10.1 Å². The average Bonchev–Trinajstić information content (AvgIpc) is 3.49. The Bertz CT molecular complexity index is 1250. The number of carbonyl (C=O) groups excluding carboxylic acids is 1. The van der Waals surface area contributed by atoms with E-state index in [9.17, 15) is 9.90 Å². The maximum atomic E-state index is 12.7. The number of furan rings is 1. The van der Waals surface area contributed by atoms with Gasteiger partial charge < -0.3 is 23.7 Å². The minimum absolute atomic E-state index is 0.126. The summed E-state index contributed by atoms with van der Waals surface area (Å²) >= 11 is 1.26. The fourth-order valence-corrected chi connectivity index (χ4v) is 4.03. The van der Waals surface area contributed by atoms with Gasteiger partial charge in [-0.2, -0.15) is 0 Å². The zero-order valence-corrected chi connectivity index (χ0v) is 19.1. The van der Waals surface area contributed by atoms with E-state index in [1.54, 1.807) is 69.2 Å². The van der Waals surface area contributed by atoms with Gasteiger partial charge in [0.05, 0.1) is 27.0 Å². The van der Waals surface area contributed by atoms with Crippen LogP contribution in [0.3, 0.4) is 0 Å². The first kappa shape index (κ1) is 22.2.